The summed E-state index contributed by atoms with van der Waals surface area (Å²) in [4.78, 5) is 11.3. The molecule has 0 aromatic carbocycles. The van der Waals surface area contributed by atoms with Gasteiger partial charge in [-0.2, -0.15) is 11.8 Å². The fraction of sp³-hybridized carbons (Fsp3) is 0.538. The molecule has 6 heteroatoms. The van der Waals surface area contributed by atoms with E-state index in [1.165, 1.54) is 24.6 Å². The lowest BCUT2D eigenvalue weighted by molar-refractivity contribution is 0.314. The van der Waals surface area contributed by atoms with Crippen LogP contribution < -0.4 is 5.32 Å². The molecular weight excluding hydrogens is 258 g/mol. The molecule has 2 aromatic rings. The Bertz CT molecular complexity index is 547. The van der Waals surface area contributed by atoms with Gasteiger partial charge in [-0.3, -0.25) is 4.90 Å². The van der Waals surface area contributed by atoms with Crippen LogP contribution in [0.1, 0.15) is 0 Å². The number of aryl methyl sites for hydroxylation is 1. The smallest absolute Gasteiger partial charge is 0.154 e. The molecule has 3 rings (SSSR count). The van der Waals surface area contributed by atoms with Crippen molar-refractivity contribution in [2.75, 3.05) is 43.0 Å². The Morgan fingerprint density at radius 2 is 2.16 bits per heavy atom. The van der Waals surface area contributed by atoms with Crippen LogP contribution in [0, 0.1) is 0 Å². The summed E-state index contributed by atoms with van der Waals surface area (Å²) in [7, 11) is 2.00. The quantitative estimate of drug-likeness (QED) is 0.916. The molecule has 1 fully saturated rings. The third-order valence-corrected chi connectivity index (χ3v) is 4.41. The van der Waals surface area contributed by atoms with Crippen LogP contribution in [0.15, 0.2) is 18.6 Å². The van der Waals surface area contributed by atoms with Gasteiger partial charge >= 0.3 is 0 Å². The van der Waals surface area contributed by atoms with Crippen molar-refractivity contribution in [3.8, 4) is 0 Å². The van der Waals surface area contributed by atoms with Crippen molar-refractivity contribution in [1.29, 1.82) is 0 Å². The molecule has 3 heterocycles. The summed E-state index contributed by atoms with van der Waals surface area (Å²) in [6, 6.07) is 2.00. The highest BCUT2D eigenvalue weighted by Gasteiger charge is 2.10. The van der Waals surface area contributed by atoms with E-state index in [4.69, 9.17) is 0 Å². The van der Waals surface area contributed by atoms with Crippen LogP contribution in [0.3, 0.4) is 0 Å². The van der Waals surface area contributed by atoms with E-state index in [2.05, 4.69) is 20.2 Å². The molecule has 0 spiro atoms. The molecule has 1 saturated heterocycles. The van der Waals surface area contributed by atoms with Crippen LogP contribution in [0.5, 0.6) is 0 Å². The lowest BCUT2D eigenvalue weighted by Crippen LogP contribution is -2.36. The maximum atomic E-state index is 4.40. The molecule has 5 nitrogen and oxygen atoms in total. The summed E-state index contributed by atoms with van der Waals surface area (Å²) in [5, 5.41) is 3.41. The van der Waals surface area contributed by atoms with Crippen LogP contribution in [0.25, 0.3) is 11.0 Å². The van der Waals surface area contributed by atoms with Gasteiger partial charge < -0.3 is 9.88 Å². The summed E-state index contributed by atoms with van der Waals surface area (Å²) < 4.78 is 2.02. The molecule has 0 saturated carbocycles. The fourth-order valence-electron chi connectivity index (χ4n) is 2.35. The Labute approximate surface area is 117 Å². The van der Waals surface area contributed by atoms with Crippen molar-refractivity contribution < 1.29 is 0 Å². The van der Waals surface area contributed by atoms with Gasteiger partial charge in [-0.1, -0.05) is 0 Å². The molecule has 0 atom stereocenters. The number of aromatic nitrogens is 3. The van der Waals surface area contributed by atoms with E-state index in [1.54, 1.807) is 0 Å². The fourth-order valence-corrected chi connectivity index (χ4v) is 3.33. The van der Waals surface area contributed by atoms with Gasteiger partial charge in [-0.05, 0) is 6.07 Å². The number of hydrogen-bond donors (Lipinski definition) is 1. The SMILES string of the molecule is Cn1cnc2c(NCCN3CCSCC3)nccc21. The number of anilines is 1. The van der Waals surface area contributed by atoms with E-state index < -0.39 is 0 Å². The molecule has 0 aliphatic carbocycles. The Morgan fingerprint density at radius 3 is 3.00 bits per heavy atom. The number of nitrogens with zero attached hydrogens (tertiary/aromatic N) is 4. The lowest BCUT2D eigenvalue weighted by Gasteiger charge is -2.26. The minimum Gasteiger partial charge on any atom is -0.367 e. The van der Waals surface area contributed by atoms with Crippen LogP contribution in [0.2, 0.25) is 0 Å². The summed E-state index contributed by atoms with van der Waals surface area (Å²) in [5.41, 5.74) is 2.08. The van der Waals surface area contributed by atoms with E-state index in [-0.39, 0.29) is 0 Å². The second-order valence-electron chi connectivity index (χ2n) is 4.76. The summed E-state index contributed by atoms with van der Waals surface area (Å²) >= 11 is 2.05. The van der Waals surface area contributed by atoms with Crippen molar-refractivity contribution >= 4 is 28.6 Å². The average molecular weight is 277 g/mol. The number of imidazole rings is 1. The molecule has 0 radical (unpaired) electrons. The van der Waals surface area contributed by atoms with Gasteiger partial charge in [0.15, 0.2) is 5.82 Å². The topological polar surface area (TPSA) is 46.0 Å². The molecule has 1 N–H and O–H groups in total. The molecule has 1 aliphatic heterocycles. The average Bonchev–Trinajstić information content (AvgIpc) is 2.83. The first kappa shape index (κ1) is 12.7. The van der Waals surface area contributed by atoms with Crippen molar-refractivity contribution in [2.45, 2.75) is 0 Å². The van der Waals surface area contributed by atoms with Crippen LogP contribution in [0.4, 0.5) is 5.82 Å². The molecule has 0 unspecified atom stereocenters. The van der Waals surface area contributed by atoms with Gasteiger partial charge in [0.1, 0.15) is 5.52 Å². The van der Waals surface area contributed by atoms with E-state index in [0.29, 0.717) is 0 Å². The van der Waals surface area contributed by atoms with Crippen LogP contribution in [-0.4, -0.2) is 57.1 Å². The van der Waals surface area contributed by atoms with Gasteiger partial charge in [-0.15, -0.1) is 0 Å². The van der Waals surface area contributed by atoms with Gasteiger partial charge in [0.25, 0.3) is 0 Å². The molecule has 0 bridgehead atoms. The molecule has 19 heavy (non-hydrogen) atoms. The largest absolute Gasteiger partial charge is 0.367 e. The number of hydrogen-bond acceptors (Lipinski definition) is 5. The molecule has 102 valence electrons. The standard InChI is InChI=1S/C13H19N5S/c1-17-10-16-12-11(17)2-3-14-13(12)15-4-5-18-6-8-19-9-7-18/h2-3,10H,4-9H2,1H3,(H,14,15). The monoisotopic (exact) mass is 277 g/mol. The van der Waals surface area contributed by atoms with Gasteiger partial charge in [0, 0.05) is 50.9 Å². The summed E-state index contributed by atoms with van der Waals surface area (Å²) in [6.45, 7) is 4.40. The van der Waals surface area contributed by atoms with Crippen molar-refractivity contribution in [3.05, 3.63) is 18.6 Å². The molecule has 2 aromatic heterocycles. The zero-order valence-corrected chi connectivity index (χ0v) is 12.0. The number of pyridine rings is 1. The maximum Gasteiger partial charge on any atom is 0.154 e. The highest BCUT2D eigenvalue weighted by Crippen LogP contribution is 2.18. The van der Waals surface area contributed by atoms with Gasteiger partial charge in [0.2, 0.25) is 0 Å². The van der Waals surface area contributed by atoms with E-state index in [1.807, 2.05) is 42.0 Å². The second kappa shape index (κ2) is 5.79. The van der Waals surface area contributed by atoms with E-state index in [9.17, 15) is 0 Å². The van der Waals surface area contributed by atoms with Crippen molar-refractivity contribution in [1.82, 2.24) is 19.4 Å². The second-order valence-corrected chi connectivity index (χ2v) is 5.99. The number of fused-ring (bicyclic) bond motifs is 1. The van der Waals surface area contributed by atoms with Crippen LogP contribution in [-0.2, 0) is 7.05 Å². The van der Waals surface area contributed by atoms with E-state index in [0.717, 1.165) is 29.9 Å². The highest BCUT2D eigenvalue weighted by molar-refractivity contribution is 7.99. The maximum absolute atomic E-state index is 4.40. The first-order chi connectivity index (χ1) is 9.34. The number of thioether (sulfide) groups is 1. The lowest BCUT2D eigenvalue weighted by atomic mass is 10.3. The van der Waals surface area contributed by atoms with Crippen LogP contribution >= 0.6 is 11.8 Å². The molecule has 1 aliphatic rings. The van der Waals surface area contributed by atoms with Crippen molar-refractivity contribution in [3.63, 3.8) is 0 Å². The summed E-state index contributed by atoms with van der Waals surface area (Å²) in [5.74, 6) is 3.41. The minimum absolute atomic E-state index is 0.893. The number of rotatable bonds is 4. The Morgan fingerprint density at radius 1 is 1.32 bits per heavy atom. The first-order valence-electron chi connectivity index (χ1n) is 6.64. The molecular formula is C13H19N5S. The van der Waals surface area contributed by atoms with Gasteiger partial charge in [0.05, 0.1) is 11.8 Å². The van der Waals surface area contributed by atoms with E-state index >= 15 is 0 Å². The Kier molecular flexibility index (Phi) is 3.89. The predicted octanol–water partition coefficient (Wildman–Crippen LogP) is 1.43. The molecule has 0 amide bonds. The normalized spacial score (nSPS) is 16.9. The van der Waals surface area contributed by atoms with Gasteiger partial charge in [-0.25, -0.2) is 9.97 Å². The third kappa shape index (κ3) is 2.84. The first-order valence-corrected chi connectivity index (χ1v) is 7.80. The predicted molar refractivity (Wildman–Crippen MR) is 80.8 cm³/mol. The Hall–Kier alpha value is -1.27. The summed E-state index contributed by atoms with van der Waals surface area (Å²) in [6.07, 6.45) is 3.67. The zero-order chi connectivity index (χ0) is 13.1. The minimum atomic E-state index is 0.893. The Balaban J connectivity index is 1.62. The third-order valence-electron chi connectivity index (χ3n) is 3.47. The zero-order valence-electron chi connectivity index (χ0n) is 11.2. The number of nitrogens with one attached hydrogen (secondary N) is 1. The highest BCUT2D eigenvalue weighted by atomic mass is 32.2. The van der Waals surface area contributed by atoms with Crippen molar-refractivity contribution in [2.24, 2.45) is 7.05 Å².